The van der Waals surface area contributed by atoms with Gasteiger partial charge in [0.25, 0.3) is 5.91 Å². The fourth-order valence-electron chi connectivity index (χ4n) is 3.30. The smallest absolute Gasteiger partial charge is 0.255 e. The summed E-state index contributed by atoms with van der Waals surface area (Å²) in [6.07, 6.45) is 1.98. The Morgan fingerprint density at radius 3 is 2.45 bits per heavy atom. The highest BCUT2D eigenvalue weighted by Gasteiger charge is 2.22. The molecule has 31 heavy (non-hydrogen) atoms. The molecule has 0 spiro atoms. The van der Waals surface area contributed by atoms with Crippen molar-refractivity contribution in [3.05, 3.63) is 58.1 Å². The summed E-state index contributed by atoms with van der Waals surface area (Å²) in [7, 11) is 1.53. The Hall–Kier alpha value is -2.77. The highest BCUT2D eigenvalue weighted by Crippen LogP contribution is 2.24. The molecule has 164 valence electrons. The largest absolute Gasteiger partial charge is 0.375 e. The van der Waals surface area contributed by atoms with E-state index in [0.29, 0.717) is 27.0 Å². The lowest BCUT2D eigenvalue weighted by Crippen LogP contribution is -2.38. The SMILES string of the molecule is CN(CC(=O)Nc1ccccc1Cl)C(=O)CNc1cc(Cl)ccc1C(=O)N1CCCC1. The summed E-state index contributed by atoms with van der Waals surface area (Å²) >= 11 is 12.1. The first-order chi connectivity index (χ1) is 14.8. The van der Waals surface area contributed by atoms with E-state index in [4.69, 9.17) is 23.2 Å². The van der Waals surface area contributed by atoms with E-state index in [2.05, 4.69) is 10.6 Å². The van der Waals surface area contributed by atoms with Gasteiger partial charge in [-0.1, -0.05) is 35.3 Å². The average molecular weight is 463 g/mol. The van der Waals surface area contributed by atoms with Crippen molar-refractivity contribution in [3.63, 3.8) is 0 Å². The monoisotopic (exact) mass is 462 g/mol. The number of likely N-dealkylation sites (N-methyl/N-ethyl adjacent to an activating group) is 1. The van der Waals surface area contributed by atoms with Crippen molar-refractivity contribution in [3.8, 4) is 0 Å². The van der Waals surface area contributed by atoms with Crippen LogP contribution in [0.25, 0.3) is 0 Å². The van der Waals surface area contributed by atoms with E-state index in [1.165, 1.54) is 11.9 Å². The fourth-order valence-corrected chi connectivity index (χ4v) is 3.66. The minimum atomic E-state index is -0.364. The molecule has 0 saturated carbocycles. The van der Waals surface area contributed by atoms with Crippen LogP contribution >= 0.6 is 23.2 Å². The van der Waals surface area contributed by atoms with E-state index in [0.717, 1.165) is 25.9 Å². The first-order valence-corrected chi connectivity index (χ1v) is 10.7. The van der Waals surface area contributed by atoms with Gasteiger partial charge in [-0.15, -0.1) is 0 Å². The molecule has 0 aliphatic carbocycles. The van der Waals surface area contributed by atoms with Gasteiger partial charge in [0, 0.05) is 30.8 Å². The van der Waals surface area contributed by atoms with E-state index in [1.54, 1.807) is 47.4 Å². The van der Waals surface area contributed by atoms with Crippen molar-refractivity contribution in [1.29, 1.82) is 0 Å². The highest BCUT2D eigenvalue weighted by atomic mass is 35.5. The summed E-state index contributed by atoms with van der Waals surface area (Å²) in [6, 6.07) is 11.8. The van der Waals surface area contributed by atoms with Crippen molar-refractivity contribution < 1.29 is 14.4 Å². The van der Waals surface area contributed by atoms with Crippen molar-refractivity contribution in [1.82, 2.24) is 9.80 Å². The molecule has 9 heteroatoms. The van der Waals surface area contributed by atoms with Crippen LogP contribution in [0.5, 0.6) is 0 Å². The second kappa shape index (κ2) is 10.5. The lowest BCUT2D eigenvalue weighted by molar-refractivity contribution is -0.131. The van der Waals surface area contributed by atoms with E-state index in [1.807, 2.05) is 0 Å². The summed E-state index contributed by atoms with van der Waals surface area (Å²) < 4.78 is 0. The van der Waals surface area contributed by atoms with Gasteiger partial charge < -0.3 is 20.4 Å². The summed E-state index contributed by atoms with van der Waals surface area (Å²) in [6.45, 7) is 1.23. The molecule has 3 rings (SSSR count). The number of carbonyl (C=O) groups is 3. The third-order valence-corrected chi connectivity index (χ3v) is 5.55. The normalized spacial score (nSPS) is 13.1. The maximum atomic E-state index is 12.8. The summed E-state index contributed by atoms with van der Waals surface area (Å²) in [4.78, 5) is 40.6. The lowest BCUT2D eigenvalue weighted by Gasteiger charge is -2.20. The number of likely N-dealkylation sites (tertiary alicyclic amines) is 1. The molecule has 1 heterocycles. The molecule has 3 amide bonds. The molecular formula is C22H24Cl2N4O3. The quantitative estimate of drug-likeness (QED) is 0.656. The van der Waals surface area contributed by atoms with Gasteiger partial charge in [0.1, 0.15) is 0 Å². The predicted molar refractivity (Wildman–Crippen MR) is 123 cm³/mol. The summed E-state index contributed by atoms with van der Waals surface area (Å²) in [5, 5.41) is 6.55. The maximum Gasteiger partial charge on any atom is 0.255 e. The molecule has 0 unspecified atom stereocenters. The van der Waals surface area contributed by atoms with Crippen LogP contribution in [0.1, 0.15) is 23.2 Å². The Morgan fingerprint density at radius 2 is 1.74 bits per heavy atom. The third kappa shape index (κ3) is 6.12. The highest BCUT2D eigenvalue weighted by molar-refractivity contribution is 6.33. The van der Waals surface area contributed by atoms with E-state index in [-0.39, 0.29) is 30.8 Å². The van der Waals surface area contributed by atoms with Crippen LogP contribution in [0.2, 0.25) is 10.0 Å². The minimum Gasteiger partial charge on any atom is -0.375 e. The number of para-hydroxylation sites is 1. The molecule has 1 saturated heterocycles. The molecule has 7 nitrogen and oxygen atoms in total. The second-order valence-electron chi connectivity index (χ2n) is 7.32. The lowest BCUT2D eigenvalue weighted by atomic mass is 10.1. The number of amides is 3. The van der Waals surface area contributed by atoms with Gasteiger partial charge >= 0.3 is 0 Å². The van der Waals surface area contributed by atoms with Gasteiger partial charge in [0.2, 0.25) is 11.8 Å². The molecule has 2 N–H and O–H groups in total. The van der Waals surface area contributed by atoms with Crippen LogP contribution in [-0.2, 0) is 9.59 Å². The Balaban J connectivity index is 1.58. The van der Waals surface area contributed by atoms with Crippen LogP contribution in [-0.4, -0.2) is 60.7 Å². The van der Waals surface area contributed by atoms with Gasteiger partial charge in [0.05, 0.1) is 29.4 Å². The maximum absolute atomic E-state index is 12.8. The number of halogens is 2. The number of benzene rings is 2. The molecule has 2 aromatic rings. The first-order valence-electron chi connectivity index (χ1n) is 9.96. The number of nitrogens with zero attached hydrogens (tertiary/aromatic N) is 2. The Kier molecular flexibility index (Phi) is 7.76. The first kappa shape index (κ1) is 22.9. The van der Waals surface area contributed by atoms with Crippen LogP contribution in [0.4, 0.5) is 11.4 Å². The molecule has 0 radical (unpaired) electrons. The average Bonchev–Trinajstić information content (AvgIpc) is 3.28. The molecule has 0 bridgehead atoms. The topological polar surface area (TPSA) is 81.8 Å². The molecule has 0 atom stereocenters. The minimum absolute atomic E-state index is 0.0865. The Morgan fingerprint density at radius 1 is 1.03 bits per heavy atom. The van der Waals surface area contributed by atoms with E-state index in [9.17, 15) is 14.4 Å². The molecule has 1 aliphatic rings. The molecular weight excluding hydrogens is 439 g/mol. The van der Waals surface area contributed by atoms with Gasteiger partial charge in [-0.3, -0.25) is 14.4 Å². The number of carbonyl (C=O) groups excluding carboxylic acids is 3. The van der Waals surface area contributed by atoms with Crippen molar-refractivity contribution >= 4 is 52.3 Å². The van der Waals surface area contributed by atoms with Gasteiger partial charge in [-0.25, -0.2) is 0 Å². The molecule has 0 aromatic heterocycles. The van der Waals surface area contributed by atoms with Crippen LogP contribution < -0.4 is 10.6 Å². The van der Waals surface area contributed by atoms with E-state index >= 15 is 0 Å². The standard InChI is InChI=1S/C22H24Cl2N4O3/c1-27(14-20(29)26-18-7-3-2-6-17(18)24)21(30)13-25-19-12-15(23)8-9-16(19)22(31)28-10-4-5-11-28/h2-3,6-9,12,25H,4-5,10-11,13-14H2,1H3,(H,26,29). The second-order valence-corrected chi connectivity index (χ2v) is 8.16. The number of nitrogens with one attached hydrogen (secondary N) is 2. The van der Waals surface area contributed by atoms with Crippen molar-refractivity contribution in [2.75, 3.05) is 43.9 Å². The number of rotatable bonds is 7. The zero-order chi connectivity index (χ0) is 22.4. The Labute approximate surface area is 191 Å². The zero-order valence-electron chi connectivity index (χ0n) is 17.2. The molecule has 1 fully saturated rings. The van der Waals surface area contributed by atoms with Gasteiger partial charge in [0.15, 0.2) is 0 Å². The fraction of sp³-hybridized carbons (Fsp3) is 0.318. The summed E-state index contributed by atoms with van der Waals surface area (Å²) in [5.41, 5.74) is 1.45. The third-order valence-electron chi connectivity index (χ3n) is 4.99. The van der Waals surface area contributed by atoms with Gasteiger partial charge in [-0.2, -0.15) is 0 Å². The van der Waals surface area contributed by atoms with E-state index < -0.39 is 0 Å². The van der Waals surface area contributed by atoms with Crippen LogP contribution in [0.3, 0.4) is 0 Å². The number of hydrogen-bond acceptors (Lipinski definition) is 4. The zero-order valence-corrected chi connectivity index (χ0v) is 18.7. The number of anilines is 2. The predicted octanol–water partition coefficient (Wildman–Crippen LogP) is 3.74. The van der Waals surface area contributed by atoms with Crippen LogP contribution in [0, 0.1) is 0 Å². The molecule has 2 aromatic carbocycles. The summed E-state index contributed by atoms with van der Waals surface area (Å²) in [5.74, 6) is -0.762. The van der Waals surface area contributed by atoms with Crippen molar-refractivity contribution in [2.45, 2.75) is 12.8 Å². The van der Waals surface area contributed by atoms with Crippen LogP contribution in [0.15, 0.2) is 42.5 Å². The molecule has 1 aliphatic heterocycles. The Bertz CT molecular complexity index is 977. The number of hydrogen-bond donors (Lipinski definition) is 2. The van der Waals surface area contributed by atoms with Gasteiger partial charge in [-0.05, 0) is 43.2 Å². The van der Waals surface area contributed by atoms with Crippen molar-refractivity contribution in [2.24, 2.45) is 0 Å².